The van der Waals surface area contributed by atoms with E-state index in [1.165, 1.54) is 11.0 Å². The lowest BCUT2D eigenvalue weighted by molar-refractivity contribution is -0.117. The number of ether oxygens (including phenoxy) is 3. The van der Waals surface area contributed by atoms with Crippen molar-refractivity contribution in [1.82, 2.24) is 4.98 Å². The van der Waals surface area contributed by atoms with E-state index in [9.17, 15) is 19.5 Å². The van der Waals surface area contributed by atoms with E-state index in [0.29, 0.717) is 36.0 Å². The number of hydrogen-bond donors (Lipinski definition) is 1. The second kappa shape index (κ2) is 13.3. The molecular weight excluding hydrogens is 544 g/mol. The van der Waals surface area contributed by atoms with Crippen LogP contribution >= 0.6 is 11.3 Å². The van der Waals surface area contributed by atoms with Crippen LogP contribution in [0.15, 0.2) is 65.9 Å². The summed E-state index contributed by atoms with van der Waals surface area (Å²) >= 11 is 0.958. The van der Waals surface area contributed by atoms with E-state index in [0.717, 1.165) is 23.3 Å². The number of carbonyl (C=O) groups is 3. The first-order valence-corrected chi connectivity index (χ1v) is 14.2. The number of aromatic nitrogens is 1. The van der Waals surface area contributed by atoms with Crippen molar-refractivity contribution in [3.8, 4) is 11.5 Å². The van der Waals surface area contributed by atoms with Gasteiger partial charge in [-0.15, -0.1) is 0 Å². The molecule has 0 bridgehead atoms. The average Bonchev–Trinajstić information content (AvgIpc) is 3.48. The van der Waals surface area contributed by atoms with Crippen LogP contribution in [-0.4, -0.2) is 47.6 Å². The molecule has 3 aromatic rings. The molecule has 2 heterocycles. The van der Waals surface area contributed by atoms with Crippen LogP contribution in [0.3, 0.4) is 0 Å². The van der Waals surface area contributed by atoms with E-state index < -0.39 is 29.5 Å². The first-order chi connectivity index (χ1) is 19.8. The summed E-state index contributed by atoms with van der Waals surface area (Å²) in [6.45, 7) is 8.19. The topological polar surface area (TPSA) is 115 Å². The van der Waals surface area contributed by atoms with Gasteiger partial charge in [-0.05, 0) is 56.5 Å². The van der Waals surface area contributed by atoms with Gasteiger partial charge >= 0.3 is 5.97 Å². The maximum atomic E-state index is 13.6. The lowest BCUT2D eigenvalue weighted by Crippen LogP contribution is -2.31. The predicted molar refractivity (Wildman–Crippen MR) is 157 cm³/mol. The number of esters is 1. The Balaban J connectivity index is 1.83. The number of carbonyl (C=O) groups excluding carboxylic acids is 3. The van der Waals surface area contributed by atoms with Crippen LogP contribution in [0.25, 0.3) is 6.08 Å². The monoisotopic (exact) mass is 576 g/mol. The third-order valence-corrected chi connectivity index (χ3v) is 7.33. The quantitative estimate of drug-likeness (QED) is 0.206. The number of thiazole rings is 1. The minimum Gasteiger partial charge on any atom is -0.503 e. The third kappa shape index (κ3) is 6.33. The Labute approximate surface area is 242 Å². The smallest absolute Gasteiger partial charge is 0.350 e. The highest BCUT2D eigenvalue weighted by atomic mass is 32.1. The van der Waals surface area contributed by atoms with Crippen molar-refractivity contribution < 1.29 is 33.7 Å². The van der Waals surface area contributed by atoms with Gasteiger partial charge < -0.3 is 19.3 Å². The Morgan fingerprint density at radius 1 is 1.05 bits per heavy atom. The summed E-state index contributed by atoms with van der Waals surface area (Å²) in [5.41, 5.74) is 1.54. The highest BCUT2D eigenvalue weighted by molar-refractivity contribution is 7.17. The number of ketones is 1. The number of rotatable bonds is 12. The van der Waals surface area contributed by atoms with E-state index >= 15 is 0 Å². The lowest BCUT2D eigenvalue weighted by Gasteiger charge is -2.25. The number of aryl methyl sites for hydroxylation is 1. The fourth-order valence-electron chi connectivity index (χ4n) is 4.36. The molecule has 0 radical (unpaired) electrons. The molecule has 10 heteroatoms. The fourth-order valence-corrected chi connectivity index (χ4v) is 5.35. The molecule has 1 atom stereocenters. The van der Waals surface area contributed by atoms with Gasteiger partial charge in [0.25, 0.3) is 5.91 Å². The van der Waals surface area contributed by atoms with E-state index in [2.05, 4.69) is 4.98 Å². The van der Waals surface area contributed by atoms with Crippen LogP contribution < -0.4 is 14.4 Å². The first kappa shape index (κ1) is 29.5. The van der Waals surface area contributed by atoms with Crippen molar-refractivity contribution in [2.45, 2.75) is 40.2 Å². The van der Waals surface area contributed by atoms with Gasteiger partial charge in [-0.25, -0.2) is 9.78 Å². The van der Waals surface area contributed by atoms with Crippen LogP contribution in [0.2, 0.25) is 0 Å². The number of anilines is 1. The van der Waals surface area contributed by atoms with Crippen LogP contribution in [-0.2, 0) is 14.3 Å². The maximum absolute atomic E-state index is 13.6. The second-order valence-electron chi connectivity index (χ2n) is 9.07. The largest absolute Gasteiger partial charge is 0.503 e. The van der Waals surface area contributed by atoms with Crippen molar-refractivity contribution in [2.75, 3.05) is 24.7 Å². The molecule has 1 N–H and O–H groups in total. The maximum Gasteiger partial charge on any atom is 0.350 e. The van der Waals surface area contributed by atoms with Crippen LogP contribution in [0.4, 0.5) is 5.13 Å². The number of aliphatic hydroxyl groups excluding tert-OH is 1. The molecule has 214 valence electrons. The predicted octanol–water partition coefficient (Wildman–Crippen LogP) is 6.00. The van der Waals surface area contributed by atoms with E-state index in [1.54, 1.807) is 38.1 Å². The van der Waals surface area contributed by atoms with Crippen molar-refractivity contribution >= 4 is 40.2 Å². The van der Waals surface area contributed by atoms with Crippen molar-refractivity contribution in [3.05, 3.63) is 87.6 Å². The summed E-state index contributed by atoms with van der Waals surface area (Å²) in [5, 5.41) is 11.2. The van der Waals surface area contributed by atoms with Crippen LogP contribution in [0.1, 0.15) is 59.7 Å². The summed E-state index contributed by atoms with van der Waals surface area (Å²) in [6.07, 6.45) is 3.74. The molecule has 0 saturated carbocycles. The summed E-state index contributed by atoms with van der Waals surface area (Å²) in [6, 6.07) is 13.3. The molecule has 4 rings (SSSR count). The third-order valence-electron chi connectivity index (χ3n) is 6.20. The Morgan fingerprint density at radius 2 is 1.80 bits per heavy atom. The minimum absolute atomic E-state index is 0.114. The van der Waals surface area contributed by atoms with Crippen molar-refractivity contribution in [2.24, 2.45) is 0 Å². The molecule has 1 unspecified atom stereocenters. The first-order valence-electron chi connectivity index (χ1n) is 13.4. The zero-order chi connectivity index (χ0) is 29.5. The number of amides is 1. The molecule has 1 amide bonds. The highest BCUT2D eigenvalue weighted by Gasteiger charge is 2.45. The van der Waals surface area contributed by atoms with Crippen LogP contribution in [0.5, 0.6) is 11.5 Å². The highest BCUT2D eigenvalue weighted by Crippen LogP contribution is 2.45. The number of allylic oxidation sites excluding steroid dienone is 1. The Hall–Kier alpha value is -4.44. The Kier molecular flexibility index (Phi) is 9.57. The molecule has 1 aliphatic heterocycles. The lowest BCUT2D eigenvalue weighted by atomic mass is 9.95. The number of hydrogen-bond acceptors (Lipinski definition) is 9. The minimum atomic E-state index is -1.05. The summed E-state index contributed by atoms with van der Waals surface area (Å²) in [7, 11) is 0. The van der Waals surface area contributed by atoms with Crippen LogP contribution in [0, 0.1) is 6.92 Å². The average molecular weight is 577 g/mol. The molecule has 0 spiro atoms. The number of nitrogens with zero attached hydrogens (tertiary/aromatic N) is 2. The van der Waals surface area contributed by atoms with Gasteiger partial charge in [0.2, 0.25) is 0 Å². The zero-order valence-electron chi connectivity index (χ0n) is 23.4. The van der Waals surface area contributed by atoms with E-state index in [-0.39, 0.29) is 22.2 Å². The number of benzene rings is 2. The molecule has 9 nitrogen and oxygen atoms in total. The molecule has 0 fully saturated rings. The molecule has 1 aromatic heterocycles. The van der Waals surface area contributed by atoms with Gasteiger partial charge in [-0.1, -0.05) is 60.7 Å². The second-order valence-corrected chi connectivity index (χ2v) is 10.0. The van der Waals surface area contributed by atoms with Gasteiger partial charge in [0.1, 0.15) is 4.88 Å². The van der Waals surface area contributed by atoms with Gasteiger partial charge in [0.15, 0.2) is 28.2 Å². The van der Waals surface area contributed by atoms with Crippen molar-refractivity contribution in [1.29, 1.82) is 0 Å². The zero-order valence-corrected chi connectivity index (χ0v) is 24.2. The molecule has 41 heavy (non-hydrogen) atoms. The standard InChI is InChI=1S/C31H32N2O7S/c1-5-17-40-23-16-14-21(18-24(23)38-6-2)26-25(22(34)15-13-20-11-9-8-10-12-20)27(35)29(36)33(26)31-32-19(4)28(41-31)30(37)39-7-3/h8-16,18,26,35H,5-7,17H2,1-4H3. The summed E-state index contributed by atoms with van der Waals surface area (Å²) in [5.74, 6) is -1.64. The normalized spacial score (nSPS) is 15.1. The van der Waals surface area contributed by atoms with Gasteiger partial charge in [0, 0.05) is 0 Å². The SMILES string of the molecule is CCCOc1ccc(C2C(C(=O)C=Cc3ccccc3)=C(O)C(=O)N2c2nc(C)c(C(=O)OCC)s2)cc1OCC. The molecule has 1 aliphatic rings. The van der Waals surface area contributed by atoms with Crippen molar-refractivity contribution in [3.63, 3.8) is 0 Å². The van der Waals surface area contributed by atoms with Gasteiger partial charge in [0.05, 0.1) is 37.1 Å². The molecular formula is C31H32N2O7S. The van der Waals surface area contributed by atoms with E-state index in [1.807, 2.05) is 44.2 Å². The molecule has 2 aromatic carbocycles. The number of aliphatic hydroxyl groups is 1. The van der Waals surface area contributed by atoms with Gasteiger partial charge in [-0.3, -0.25) is 14.5 Å². The molecule has 0 saturated heterocycles. The Bertz CT molecular complexity index is 1490. The summed E-state index contributed by atoms with van der Waals surface area (Å²) < 4.78 is 16.8. The van der Waals surface area contributed by atoms with Gasteiger partial charge in [-0.2, -0.15) is 0 Å². The molecule has 0 aliphatic carbocycles. The van der Waals surface area contributed by atoms with E-state index in [4.69, 9.17) is 14.2 Å². The fraction of sp³-hybridized carbons (Fsp3) is 0.290. The summed E-state index contributed by atoms with van der Waals surface area (Å²) in [4.78, 5) is 45.6. The Morgan fingerprint density at radius 3 is 2.49 bits per heavy atom.